The normalized spacial score (nSPS) is 16.0. The van der Waals surface area contributed by atoms with Crippen molar-refractivity contribution in [3.8, 4) is 5.75 Å². The van der Waals surface area contributed by atoms with Crippen molar-refractivity contribution in [3.05, 3.63) is 29.3 Å². The van der Waals surface area contributed by atoms with Gasteiger partial charge in [0.2, 0.25) is 0 Å². The van der Waals surface area contributed by atoms with Crippen LogP contribution in [-0.4, -0.2) is 13.2 Å². The van der Waals surface area contributed by atoms with E-state index in [1.54, 1.807) is 0 Å². The summed E-state index contributed by atoms with van der Waals surface area (Å²) in [6.07, 6.45) is 3.39. The second-order valence-electron chi connectivity index (χ2n) is 6.74. The van der Waals surface area contributed by atoms with E-state index in [0.717, 1.165) is 31.7 Å². The van der Waals surface area contributed by atoms with E-state index in [4.69, 9.17) is 4.74 Å². The number of hydrogen-bond acceptors (Lipinski definition) is 2. The Balaban J connectivity index is 2.17. The average molecular weight is 261 g/mol. The quantitative estimate of drug-likeness (QED) is 0.861. The lowest BCUT2D eigenvalue weighted by Gasteiger charge is -2.27. The number of hydrogen-bond donors (Lipinski definition) is 1. The van der Waals surface area contributed by atoms with Gasteiger partial charge >= 0.3 is 0 Å². The van der Waals surface area contributed by atoms with E-state index in [2.05, 4.69) is 51.2 Å². The van der Waals surface area contributed by atoms with E-state index in [1.807, 2.05) is 0 Å². The SMILES string of the molecule is CCCNC(CC(C)(C)C)c1ccc2c(c1)CCO2. The Morgan fingerprint density at radius 3 is 2.79 bits per heavy atom. The van der Waals surface area contributed by atoms with Gasteiger partial charge in [-0.25, -0.2) is 0 Å². The maximum Gasteiger partial charge on any atom is 0.122 e. The number of nitrogens with one attached hydrogen (secondary N) is 1. The minimum atomic E-state index is 0.334. The third-order valence-corrected chi connectivity index (χ3v) is 3.57. The van der Waals surface area contributed by atoms with Crippen LogP contribution in [0, 0.1) is 5.41 Å². The third-order valence-electron chi connectivity index (χ3n) is 3.57. The zero-order chi connectivity index (χ0) is 13.9. The molecule has 106 valence electrons. The highest BCUT2D eigenvalue weighted by Crippen LogP contribution is 2.33. The van der Waals surface area contributed by atoms with Crippen LogP contribution in [0.25, 0.3) is 0 Å². The molecule has 0 amide bonds. The van der Waals surface area contributed by atoms with Crippen LogP contribution in [0.1, 0.15) is 57.7 Å². The minimum Gasteiger partial charge on any atom is -0.493 e. The molecule has 2 rings (SSSR count). The van der Waals surface area contributed by atoms with Crippen molar-refractivity contribution < 1.29 is 4.74 Å². The van der Waals surface area contributed by atoms with Gasteiger partial charge in [0.1, 0.15) is 5.75 Å². The van der Waals surface area contributed by atoms with Crippen molar-refractivity contribution in [1.82, 2.24) is 5.32 Å². The van der Waals surface area contributed by atoms with Crippen molar-refractivity contribution >= 4 is 0 Å². The zero-order valence-corrected chi connectivity index (χ0v) is 12.8. The second kappa shape index (κ2) is 5.96. The highest BCUT2D eigenvalue weighted by Gasteiger charge is 2.21. The minimum absolute atomic E-state index is 0.334. The van der Waals surface area contributed by atoms with E-state index in [9.17, 15) is 0 Å². The van der Waals surface area contributed by atoms with Gasteiger partial charge in [0.25, 0.3) is 0 Å². The Hall–Kier alpha value is -1.02. The van der Waals surface area contributed by atoms with Gasteiger partial charge in [-0.05, 0) is 42.0 Å². The predicted octanol–water partition coefficient (Wildman–Crippen LogP) is 4.10. The molecule has 0 saturated carbocycles. The topological polar surface area (TPSA) is 21.3 Å². The molecule has 0 spiro atoms. The molecular formula is C17H27NO. The fourth-order valence-electron chi connectivity index (χ4n) is 2.66. The molecule has 0 fully saturated rings. The van der Waals surface area contributed by atoms with Gasteiger partial charge in [0.15, 0.2) is 0 Å². The largest absolute Gasteiger partial charge is 0.493 e. The second-order valence-corrected chi connectivity index (χ2v) is 6.74. The molecule has 1 aliphatic rings. The summed E-state index contributed by atoms with van der Waals surface area (Å²) in [4.78, 5) is 0. The molecule has 1 aromatic rings. The van der Waals surface area contributed by atoms with E-state index in [1.165, 1.54) is 17.5 Å². The monoisotopic (exact) mass is 261 g/mol. The van der Waals surface area contributed by atoms with Crippen LogP contribution in [0.15, 0.2) is 18.2 Å². The molecule has 2 heteroatoms. The van der Waals surface area contributed by atoms with Crippen LogP contribution in [0.5, 0.6) is 5.75 Å². The summed E-state index contributed by atoms with van der Waals surface area (Å²) in [5.74, 6) is 1.08. The maximum atomic E-state index is 5.59. The van der Waals surface area contributed by atoms with Crippen LogP contribution in [0.3, 0.4) is 0 Å². The molecule has 19 heavy (non-hydrogen) atoms. The summed E-state index contributed by atoms with van der Waals surface area (Å²) in [5, 5.41) is 3.69. The summed E-state index contributed by atoms with van der Waals surface area (Å²) < 4.78 is 5.59. The van der Waals surface area contributed by atoms with Gasteiger partial charge in [-0.2, -0.15) is 0 Å². The van der Waals surface area contributed by atoms with Crippen molar-refractivity contribution in [2.24, 2.45) is 5.41 Å². The molecule has 0 saturated heterocycles. The molecule has 1 aromatic carbocycles. The van der Waals surface area contributed by atoms with Gasteiger partial charge in [0.05, 0.1) is 6.61 Å². The zero-order valence-electron chi connectivity index (χ0n) is 12.8. The van der Waals surface area contributed by atoms with E-state index in [-0.39, 0.29) is 0 Å². The molecule has 1 unspecified atom stereocenters. The van der Waals surface area contributed by atoms with Crippen molar-refractivity contribution in [3.63, 3.8) is 0 Å². The van der Waals surface area contributed by atoms with Crippen molar-refractivity contribution in [2.75, 3.05) is 13.2 Å². The first-order valence-corrected chi connectivity index (χ1v) is 7.48. The summed E-state index contributed by atoms with van der Waals surface area (Å²) in [6.45, 7) is 11.1. The molecule has 1 N–H and O–H groups in total. The Labute approximate surface area is 117 Å². The van der Waals surface area contributed by atoms with Crippen molar-refractivity contribution in [2.45, 2.75) is 53.0 Å². The molecule has 1 aliphatic heterocycles. The van der Waals surface area contributed by atoms with Crippen molar-refractivity contribution in [1.29, 1.82) is 0 Å². The van der Waals surface area contributed by atoms with E-state index in [0.29, 0.717) is 11.5 Å². The summed E-state index contributed by atoms with van der Waals surface area (Å²) in [6, 6.07) is 7.15. The van der Waals surface area contributed by atoms with Crippen LogP contribution in [-0.2, 0) is 6.42 Å². The van der Waals surface area contributed by atoms with E-state index >= 15 is 0 Å². The molecular weight excluding hydrogens is 234 g/mol. The first-order valence-electron chi connectivity index (χ1n) is 7.48. The van der Waals surface area contributed by atoms with Gasteiger partial charge < -0.3 is 10.1 Å². The van der Waals surface area contributed by atoms with E-state index < -0.39 is 0 Å². The summed E-state index contributed by atoms with van der Waals surface area (Å²) in [7, 11) is 0. The van der Waals surface area contributed by atoms with Crippen LogP contribution in [0.2, 0.25) is 0 Å². The molecule has 1 atom stereocenters. The number of ether oxygens (including phenoxy) is 1. The van der Waals surface area contributed by atoms with Gasteiger partial charge in [0, 0.05) is 12.5 Å². The molecule has 0 radical (unpaired) electrons. The lowest BCUT2D eigenvalue weighted by molar-refractivity contribution is 0.311. The van der Waals surface area contributed by atoms with Crippen LogP contribution >= 0.6 is 0 Å². The molecule has 1 heterocycles. The van der Waals surface area contributed by atoms with Gasteiger partial charge in [-0.3, -0.25) is 0 Å². The lowest BCUT2D eigenvalue weighted by atomic mass is 9.85. The van der Waals surface area contributed by atoms with Crippen LogP contribution in [0.4, 0.5) is 0 Å². The molecule has 0 aromatic heterocycles. The predicted molar refractivity (Wildman–Crippen MR) is 80.7 cm³/mol. The highest BCUT2D eigenvalue weighted by molar-refractivity contribution is 5.40. The molecule has 0 aliphatic carbocycles. The lowest BCUT2D eigenvalue weighted by Crippen LogP contribution is -2.26. The average Bonchev–Trinajstić information content (AvgIpc) is 2.80. The highest BCUT2D eigenvalue weighted by atomic mass is 16.5. The first kappa shape index (κ1) is 14.4. The Morgan fingerprint density at radius 1 is 1.32 bits per heavy atom. The number of fused-ring (bicyclic) bond motifs is 1. The third kappa shape index (κ3) is 3.97. The number of rotatable bonds is 5. The first-order chi connectivity index (χ1) is 8.99. The molecule has 0 bridgehead atoms. The number of benzene rings is 1. The van der Waals surface area contributed by atoms with Gasteiger partial charge in [-0.15, -0.1) is 0 Å². The maximum absolute atomic E-state index is 5.59. The van der Waals surface area contributed by atoms with Gasteiger partial charge in [-0.1, -0.05) is 39.8 Å². The summed E-state index contributed by atoms with van der Waals surface area (Å²) >= 11 is 0. The smallest absolute Gasteiger partial charge is 0.122 e. The fraction of sp³-hybridized carbons (Fsp3) is 0.647. The summed E-state index contributed by atoms with van der Waals surface area (Å²) in [5.41, 5.74) is 3.11. The Kier molecular flexibility index (Phi) is 4.51. The Bertz CT molecular complexity index is 420. The standard InChI is InChI=1S/C17H27NO/c1-5-9-18-15(12-17(2,3)4)13-6-7-16-14(11-13)8-10-19-16/h6-7,11,15,18H,5,8-10,12H2,1-4H3. The van der Waals surface area contributed by atoms with Crippen LogP contribution < -0.4 is 10.1 Å². The Morgan fingerprint density at radius 2 is 2.11 bits per heavy atom. The molecule has 2 nitrogen and oxygen atoms in total. The fourth-order valence-corrected chi connectivity index (χ4v) is 2.66.